The van der Waals surface area contributed by atoms with E-state index in [9.17, 15) is 13.2 Å². The number of rotatable bonds is 4. The van der Waals surface area contributed by atoms with Crippen LogP contribution in [0.25, 0.3) is 0 Å². The van der Waals surface area contributed by atoms with Crippen molar-refractivity contribution < 1.29 is 18.0 Å². The highest BCUT2D eigenvalue weighted by Crippen LogP contribution is 2.10. The van der Waals surface area contributed by atoms with Crippen molar-refractivity contribution in [3.8, 4) is 0 Å². The minimum absolute atomic E-state index is 0.139. The molecule has 0 N–H and O–H groups in total. The predicted molar refractivity (Wildman–Crippen MR) is 64.1 cm³/mol. The van der Waals surface area contributed by atoms with Gasteiger partial charge in [0, 0.05) is 17.2 Å². The third-order valence-corrected chi connectivity index (χ3v) is 2.32. The van der Waals surface area contributed by atoms with Crippen molar-refractivity contribution in [2.24, 2.45) is 5.16 Å². The van der Waals surface area contributed by atoms with Gasteiger partial charge < -0.3 is 4.84 Å². The Morgan fingerprint density at radius 2 is 1.63 bits per heavy atom. The van der Waals surface area contributed by atoms with E-state index in [0.29, 0.717) is 5.56 Å². The SMILES string of the molecule is Fc1ccc(/[C]=N\OCc2ccc(F)cc2F)cc1. The quantitative estimate of drug-likeness (QED) is 0.611. The van der Waals surface area contributed by atoms with E-state index in [1.807, 2.05) is 0 Å². The highest BCUT2D eigenvalue weighted by atomic mass is 19.1. The minimum atomic E-state index is -0.697. The van der Waals surface area contributed by atoms with Crippen LogP contribution in [0.5, 0.6) is 0 Å². The van der Waals surface area contributed by atoms with E-state index >= 15 is 0 Å². The second-order valence-electron chi connectivity index (χ2n) is 3.72. The normalized spacial score (nSPS) is 10.9. The summed E-state index contributed by atoms with van der Waals surface area (Å²) in [5.74, 6) is -1.71. The molecule has 0 aromatic heterocycles. The molecular formula is C14H9F3NO. The molecule has 1 radical (unpaired) electrons. The Hall–Kier alpha value is -2.30. The molecule has 2 rings (SSSR count). The largest absolute Gasteiger partial charge is 0.390 e. The summed E-state index contributed by atoms with van der Waals surface area (Å²) in [5, 5.41) is 3.50. The van der Waals surface area contributed by atoms with E-state index in [1.165, 1.54) is 30.3 Å². The molecule has 5 heteroatoms. The van der Waals surface area contributed by atoms with Crippen molar-refractivity contribution in [1.82, 2.24) is 0 Å². The van der Waals surface area contributed by atoms with Gasteiger partial charge in [-0.05, 0) is 36.4 Å². The van der Waals surface area contributed by atoms with Gasteiger partial charge in [0.15, 0.2) is 0 Å². The predicted octanol–water partition coefficient (Wildman–Crippen LogP) is 3.53. The summed E-state index contributed by atoms with van der Waals surface area (Å²) in [5.41, 5.74) is 0.715. The molecule has 97 valence electrons. The molecule has 0 atom stereocenters. The molecule has 0 bridgehead atoms. The lowest BCUT2D eigenvalue weighted by atomic mass is 10.2. The fourth-order valence-corrected chi connectivity index (χ4v) is 1.35. The number of halogens is 3. The van der Waals surface area contributed by atoms with E-state index in [1.54, 1.807) is 0 Å². The van der Waals surface area contributed by atoms with Crippen LogP contribution >= 0.6 is 0 Å². The van der Waals surface area contributed by atoms with Crippen LogP contribution in [-0.2, 0) is 11.4 Å². The molecule has 0 aliphatic carbocycles. The average molecular weight is 264 g/mol. The molecule has 19 heavy (non-hydrogen) atoms. The summed E-state index contributed by atoms with van der Waals surface area (Å²) in [4.78, 5) is 4.83. The summed E-state index contributed by atoms with van der Waals surface area (Å²) in [6, 6.07) is 8.65. The third kappa shape index (κ3) is 3.84. The Morgan fingerprint density at radius 3 is 2.32 bits per heavy atom. The average Bonchev–Trinajstić information content (AvgIpc) is 2.39. The zero-order valence-electron chi connectivity index (χ0n) is 9.74. The smallest absolute Gasteiger partial charge is 0.145 e. The van der Waals surface area contributed by atoms with Crippen LogP contribution in [0.15, 0.2) is 47.6 Å². The van der Waals surface area contributed by atoms with Gasteiger partial charge in [-0.15, -0.1) is 0 Å². The first-order chi connectivity index (χ1) is 9.15. The Labute approximate surface area is 108 Å². The second kappa shape index (κ2) is 6.04. The first kappa shape index (κ1) is 13.1. The second-order valence-corrected chi connectivity index (χ2v) is 3.72. The van der Waals surface area contributed by atoms with Gasteiger partial charge in [0.05, 0.1) is 0 Å². The van der Waals surface area contributed by atoms with Gasteiger partial charge in [0.2, 0.25) is 0 Å². The van der Waals surface area contributed by atoms with Crippen LogP contribution in [0.1, 0.15) is 11.1 Å². The van der Waals surface area contributed by atoms with Gasteiger partial charge in [-0.3, -0.25) is 0 Å². The summed E-state index contributed by atoms with van der Waals surface area (Å²) in [6.07, 6.45) is 2.51. The Kier molecular flexibility index (Phi) is 4.18. The molecule has 0 aliphatic heterocycles. The summed E-state index contributed by atoms with van der Waals surface area (Å²) < 4.78 is 38.5. The number of hydrogen-bond acceptors (Lipinski definition) is 2. The van der Waals surface area contributed by atoms with Crippen LogP contribution in [-0.4, -0.2) is 6.21 Å². The van der Waals surface area contributed by atoms with E-state index in [0.717, 1.165) is 12.1 Å². The van der Waals surface area contributed by atoms with Crippen LogP contribution in [0.3, 0.4) is 0 Å². The standard InChI is InChI=1S/C14H9F3NO/c15-12-4-1-10(2-5-12)8-18-19-9-11-3-6-13(16)7-14(11)17/h1-7H,9H2. The highest BCUT2D eigenvalue weighted by molar-refractivity contribution is 5.78. The van der Waals surface area contributed by atoms with Gasteiger partial charge in [0.25, 0.3) is 0 Å². The van der Waals surface area contributed by atoms with Crippen molar-refractivity contribution in [1.29, 1.82) is 0 Å². The van der Waals surface area contributed by atoms with Crippen molar-refractivity contribution in [3.05, 3.63) is 71.0 Å². The van der Waals surface area contributed by atoms with Gasteiger partial charge in [-0.25, -0.2) is 13.2 Å². The molecular weight excluding hydrogens is 255 g/mol. The first-order valence-corrected chi connectivity index (χ1v) is 5.42. The van der Waals surface area contributed by atoms with Crippen LogP contribution in [0, 0.1) is 17.5 Å². The molecule has 2 aromatic rings. The topological polar surface area (TPSA) is 21.6 Å². The van der Waals surface area contributed by atoms with Gasteiger partial charge in [-0.1, -0.05) is 5.16 Å². The lowest BCUT2D eigenvalue weighted by Gasteiger charge is -2.01. The molecule has 0 aliphatic rings. The van der Waals surface area contributed by atoms with Crippen LogP contribution in [0.4, 0.5) is 13.2 Å². The highest BCUT2D eigenvalue weighted by Gasteiger charge is 2.03. The maximum Gasteiger partial charge on any atom is 0.145 e. The molecule has 0 heterocycles. The lowest BCUT2D eigenvalue weighted by molar-refractivity contribution is 0.129. The van der Waals surface area contributed by atoms with Gasteiger partial charge in [-0.2, -0.15) is 0 Å². The fourth-order valence-electron chi connectivity index (χ4n) is 1.35. The fraction of sp³-hybridized carbons (Fsp3) is 0.0714. The van der Waals surface area contributed by atoms with Crippen LogP contribution < -0.4 is 0 Å². The monoisotopic (exact) mass is 264 g/mol. The van der Waals surface area contributed by atoms with Crippen molar-refractivity contribution in [2.75, 3.05) is 0 Å². The van der Waals surface area contributed by atoms with Crippen LogP contribution in [0.2, 0.25) is 0 Å². The van der Waals surface area contributed by atoms with E-state index in [-0.39, 0.29) is 18.0 Å². The molecule has 2 aromatic carbocycles. The molecule has 2 nitrogen and oxygen atoms in total. The zero-order chi connectivity index (χ0) is 13.7. The summed E-state index contributed by atoms with van der Waals surface area (Å²) >= 11 is 0. The minimum Gasteiger partial charge on any atom is -0.390 e. The van der Waals surface area contributed by atoms with E-state index in [2.05, 4.69) is 11.4 Å². The zero-order valence-corrected chi connectivity index (χ0v) is 9.74. The Morgan fingerprint density at radius 1 is 0.947 bits per heavy atom. The van der Waals surface area contributed by atoms with Crippen molar-refractivity contribution in [3.63, 3.8) is 0 Å². The molecule has 0 spiro atoms. The lowest BCUT2D eigenvalue weighted by Crippen LogP contribution is -1.93. The maximum absolute atomic E-state index is 13.2. The van der Waals surface area contributed by atoms with E-state index in [4.69, 9.17) is 4.84 Å². The molecule has 0 saturated heterocycles. The van der Waals surface area contributed by atoms with Gasteiger partial charge in [0.1, 0.15) is 30.3 Å². The third-order valence-electron chi connectivity index (χ3n) is 2.32. The number of nitrogens with zero attached hydrogens (tertiary/aromatic N) is 1. The molecule has 0 saturated carbocycles. The molecule has 0 fully saturated rings. The van der Waals surface area contributed by atoms with E-state index < -0.39 is 11.6 Å². The maximum atomic E-state index is 13.2. The number of benzene rings is 2. The Balaban J connectivity index is 1.91. The molecule has 0 unspecified atom stereocenters. The van der Waals surface area contributed by atoms with Crippen molar-refractivity contribution in [2.45, 2.75) is 6.61 Å². The Bertz CT molecular complexity index is 582. The number of hydrogen-bond donors (Lipinski definition) is 0. The summed E-state index contributed by atoms with van der Waals surface area (Å²) in [6.45, 7) is -0.139. The van der Waals surface area contributed by atoms with Gasteiger partial charge >= 0.3 is 0 Å². The summed E-state index contributed by atoms with van der Waals surface area (Å²) in [7, 11) is 0. The first-order valence-electron chi connectivity index (χ1n) is 5.42. The molecule has 0 amide bonds. The van der Waals surface area contributed by atoms with Crippen molar-refractivity contribution >= 4 is 6.21 Å².